The van der Waals surface area contributed by atoms with Crippen LogP contribution in [0.4, 0.5) is 5.69 Å². The Kier molecular flexibility index (Phi) is 4.82. The number of rotatable bonds is 4. The number of nitro groups is 1. The number of ether oxygens (including phenoxy) is 2. The summed E-state index contributed by atoms with van der Waals surface area (Å²) in [5.74, 6) is -1.44. The second-order valence-electron chi connectivity index (χ2n) is 3.46. The van der Waals surface area contributed by atoms with Gasteiger partial charge in [-0.2, -0.15) is 0 Å². The third-order valence-corrected chi connectivity index (χ3v) is 2.65. The first-order valence-corrected chi connectivity index (χ1v) is 5.40. The number of hydrogen-bond donors (Lipinski definition) is 0. The van der Waals surface area contributed by atoms with Crippen molar-refractivity contribution in [2.75, 3.05) is 14.2 Å². The van der Waals surface area contributed by atoms with Gasteiger partial charge < -0.3 is 9.47 Å². The standard InChI is InChI=1S/C11H10ClNO6/c1-18-10(14)4-6-3-8(12)7(11(15)19-2)5-9(6)13(16)17/h3,5H,4H2,1-2H3. The quantitative estimate of drug-likeness (QED) is 0.475. The van der Waals surface area contributed by atoms with Crippen molar-refractivity contribution in [3.8, 4) is 0 Å². The van der Waals surface area contributed by atoms with Gasteiger partial charge in [-0.1, -0.05) is 11.6 Å². The zero-order chi connectivity index (χ0) is 14.6. The predicted molar refractivity (Wildman–Crippen MR) is 65.2 cm³/mol. The predicted octanol–water partition coefficient (Wildman–Crippen LogP) is 1.75. The third kappa shape index (κ3) is 3.41. The topological polar surface area (TPSA) is 95.7 Å². The van der Waals surface area contributed by atoms with Crippen molar-refractivity contribution in [3.05, 3.63) is 38.4 Å². The highest BCUT2D eigenvalue weighted by Crippen LogP contribution is 2.28. The number of hydrogen-bond acceptors (Lipinski definition) is 6. The molecule has 0 amide bonds. The number of carbonyl (C=O) groups is 2. The largest absolute Gasteiger partial charge is 0.469 e. The van der Waals surface area contributed by atoms with Crippen molar-refractivity contribution < 1.29 is 24.0 Å². The van der Waals surface area contributed by atoms with Gasteiger partial charge in [0, 0.05) is 11.6 Å². The Morgan fingerprint density at radius 1 is 1.32 bits per heavy atom. The lowest BCUT2D eigenvalue weighted by atomic mass is 10.1. The molecule has 1 rings (SSSR count). The summed E-state index contributed by atoms with van der Waals surface area (Å²) < 4.78 is 8.89. The molecule has 0 N–H and O–H groups in total. The number of nitrogens with zero attached hydrogens (tertiary/aromatic N) is 1. The lowest BCUT2D eigenvalue weighted by molar-refractivity contribution is -0.385. The number of esters is 2. The Labute approximate surface area is 113 Å². The normalized spacial score (nSPS) is 9.84. The van der Waals surface area contributed by atoms with Crippen LogP contribution in [0.15, 0.2) is 12.1 Å². The van der Waals surface area contributed by atoms with Crippen LogP contribution in [-0.4, -0.2) is 31.1 Å². The molecule has 0 atom stereocenters. The molecule has 0 aliphatic carbocycles. The Morgan fingerprint density at radius 3 is 2.42 bits per heavy atom. The van der Waals surface area contributed by atoms with Gasteiger partial charge in [0.05, 0.1) is 36.1 Å². The van der Waals surface area contributed by atoms with Crippen LogP contribution in [0.5, 0.6) is 0 Å². The number of methoxy groups -OCH3 is 2. The molecule has 0 aromatic heterocycles. The second-order valence-corrected chi connectivity index (χ2v) is 3.87. The van der Waals surface area contributed by atoms with Crippen molar-refractivity contribution in [1.29, 1.82) is 0 Å². The minimum Gasteiger partial charge on any atom is -0.469 e. The fourth-order valence-electron chi connectivity index (χ4n) is 1.41. The van der Waals surface area contributed by atoms with Crippen LogP contribution in [0.25, 0.3) is 0 Å². The molecule has 8 heteroatoms. The molecule has 102 valence electrons. The SMILES string of the molecule is COC(=O)Cc1cc(Cl)c(C(=O)OC)cc1[N+](=O)[O-]. The molecule has 0 saturated heterocycles. The minimum absolute atomic E-state index is 0.0312. The smallest absolute Gasteiger partial charge is 0.339 e. The fraction of sp³-hybridized carbons (Fsp3) is 0.273. The molecule has 0 heterocycles. The monoisotopic (exact) mass is 287 g/mol. The van der Waals surface area contributed by atoms with Gasteiger partial charge in [0.1, 0.15) is 0 Å². The van der Waals surface area contributed by atoms with E-state index in [1.807, 2.05) is 0 Å². The molecule has 0 radical (unpaired) electrons. The Morgan fingerprint density at radius 2 is 1.95 bits per heavy atom. The summed E-state index contributed by atoms with van der Waals surface area (Å²) in [7, 11) is 2.30. The van der Waals surface area contributed by atoms with E-state index in [0.29, 0.717) is 0 Å². The molecule has 0 saturated carbocycles. The highest BCUT2D eigenvalue weighted by atomic mass is 35.5. The number of benzene rings is 1. The molecule has 0 aliphatic heterocycles. The lowest BCUT2D eigenvalue weighted by Crippen LogP contribution is -2.09. The van der Waals surface area contributed by atoms with Crippen LogP contribution in [0, 0.1) is 10.1 Å². The molecule has 0 unspecified atom stereocenters. The van der Waals surface area contributed by atoms with E-state index in [1.54, 1.807) is 0 Å². The van der Waals surface area contributed by atoms with Gasteiger partial charge in [-0.15, -0.1) is 0 Å². The maximum Gasteiger partial charge on any atom is 0.339 e. The summed E-state index contributed by atoms with van der Waals surface area (Å²) in [4.78, 5) is 32.8. The summed E-state index contributed by atoms with van der Waals surface area (Å²) >= 11 is 5.83. The number of carbonyl (C=O) groups excluding carboxylic acids is 2. The van der Waals surface area contributed by atoms with E-state index in [4.69, 9.17) is 11.6 Å². The first kappa shape index (κ1) is 14.9. The fourth-order valence-corrected chi connectivity index (χ4v) is 1.67. The molecule has 0 spiro atoms. The van der Waals surface area contributed by atoms with E-state index < -0.39 is 22.5 Å². The maximum absolute atomic E-state index is 11.4. The summed E-state index contributed by atoms with van der Waals surface area (Å²) in [5, 5.41) is 10.9. The first-order chi connectivity index (χ1) is 8.90. The van der Waals surface area contributed by atoms with E-state index in [1.165, 1.54) is 13.2 Å². The first-order valence-electron chi connectivity index (χ1n) is 5.02. The van der Waals surface area contributed by atoms with Crippen LogP contribution >= 0.6 is 11.6 Å². The van der Waals surface area contributed by atoms with Crippen LogP contribution in [-0.2, 0) is 20.7 Å². The van der Waals surface area contributed by atoms with Gasteiger partial charge in [0.2, 0.25) is 0 Å². The van der Waals surface area contributed by atoms with Crippen LogP contribution in [0.2, 0.25) is 5.02 Å². The van der Waals surface area contributed by atoms with Gasteiger partial charge in [-0.25, -0.2) is 4.79 Å². The zero-order valence-corrected chi connectivity index (χ0v) is 10.9. The Balaban J connectivity index is 3.33. The maximum atomic E-state index is 11.4. The van der Waals surface area contributed by atoms with Gasteiger partial charge in [-0.3, -0.25) is 14.9 Å². The highest BCUT2D eigenvalue weighted by Gasteiger charge is 2.23. The number of halogens is 1. The third-order valence-electron chi connectivity index (χ3n) is 2.33. The molecule has 7 nitrogen and oxygen atoms in total. The van der Waals surface area contributed by atoms with E-state index in [9.17, 15) is 19.7 Å². The summed E-state index contributed by atoms with van der Waals surface area (Å²) in [6.07, 6.45) is -0.312. The summed E-state index contributed by atoms with van der Waals surface area (Å²) in [5.41, 5.74) is -0.464. The van der Waals surface area contributed by atoms with Crippen molar-refractivity contribution >= 4 is 29.2 Å². The van der Waals surface area contributed by atoms with Crippen molar-refractivity contribution in [2.24, 2.45) is 0 Å². The number of nitro benzene ring substituents is 1. The molecule has 0 aliphatic rings. The van der Waals surface area contributed by atoms with Crippen LogP contribution in [0.1, 0.15) is 15.9 Å². The Bertz CT molecular complexity index is 542. The minimum atomic E-state index is -0.794. The highest BCUT2D eigenvalue weighted by molar-refractivity contribution is 6.33. The van der Waals surface area contributed by atoms with Gasteiger partial charge >= 0.3 is 11.9 Å². The van der Waals surface area contributed by atoms with E-state index in [0.717, 1.165) is 13.2 Å². The summed E-state index contributed by atoms with van der Waals surface area (Å²) in [6.45, 7) is 0. The lowest BCUT2D eigenvalue weighted by Gasteiger charge is -2.06. The van der Waals surface area contributed by atoms with Gasteiger partial charge in [0.15, 0.2) is 0 Å². The zero-order valence-electron chi connectivity index (χ0n) is 10.1. The molecule has 0 fully saturated rings. The van der Waals surface area contributed by atoms with Gasteiger partial charge in [-0.05, 0) is 6.07 Å². The average molecular weight is 288 g/mol. The molecular formula is C11H10ClNO6. The van der Waals surface area contributed by atoms with Crippen molar-refractivity contribution in [3.63, 3.8) is 0 Å². The van der Waals surface area contributed by atoms with Crippen molar-refractivity contribution in [2.45, 2.75) is 6.42 Å². The average Bonchev–Trinajstić information content (AvgIpc) is 2.37. The molecule has 1 aromatic rings. The van der Waals surface area contributed by atoms with Crippen molar-refractivity contribution in [1.82, 2.24) is 0 Å². The molecule has 19 heavy (non-hydrogen) atoms. The summed E-state index contributed by atoms with van der Waals surface area (Å²) in [6, 6.07) is 2.16. The van der Waals surface area contributed by atoms with E-state index in [-0.39, 0.29) is 22.6 Å². The molecule has 0 bridgehead atoms. The van der Waals surface area contributed by atoms with Gasteiger partial charge in [0.25, 0.3) is 5.69 Å². The van der Waals surface area contributed by atoms with E-state index in [2.05, 4.69) is 9.47 Å². The molecular weight excluding hydrogens is 278 g/mol. The molecule has 1 aromatic carbocycles. The van der Waals surface area contributed by atoms with E-state index >= 15 is 0 Å². The second kappa shape index (κ2) is 6.14. The van der Waals surface area contributed by atoms with Crippen LogP contribution < -0.4 is 0 Å². The van der Waals surface area contributed by atoms with Crippen LogP contribution in [0.3, 0.4) is 0 Å². The Hall–Kier alpha value is -2.15.